The number of ether oxygens (including phenoxy) is 3. The van der Waals surface area contributed by atoms with Crippen LogP contribution in [0.3, 0.4) is 0 Å². The summed E-state index contributed by atoms with van der Waals surface area (Å²) >= 11 is 0. The predicted molar refractivity (Wildman–Crippen MR) is 419 cm³/mol. The minimum Gasteiger partial charge on any atom is -0.508 e. The Morgan fingerprint density at radius 2 is 0.510 bits per heavy atom. The van der Waals surface area contributed by atoms with Crippen LogP contribution in [0.4, 0.5) is 34.1 Å². The van der Waals surface area contributed by atoms with Crippen molar-refractivity contribution in [2.45, 2.75) is 49.4 Å². The van der Waals surface area contributed by atoms with Crippen molar-refractivity contribution in [3.05, 3.63) is 424 Å². The molecule has 0 spiro atoms. The van der Waals surface area contributed by atoms with Crippen molar-refractivity contribution in [2.75, 3.05) is 9.80 Å². The van der Waals surface area contributed by atoms with Crippen LogP contribution in [0, 0.1) is 0 Å². The zero-order valence-corrected chi connectivity index (χ0v) is 57.2. The zero-order chi connectivity index (χ0) is 68.9. The van der Waals surface area contributed by atoms with Gasteiger partial charge in [-0.25, -0.2) is 0 Å². The summed E-state index contributed by atoms with van der Waals surface area (Å²) in [7, 11) is 0. The zero-order valence-electron chi connectivity index (χ0n) is 57.2. The lowest BCUT2D eigenvalue weighted by molar-refractivity contribution is 0.474. The highest BCUT2D eigenvalue weighted by molar-refractivity contribution is 5.92. The molecule has 0 aliphatic heterocycles. The molecule has 20 rings (SSSR count). The van der Waals surface area contributed by atoms with Crippen LogP contribution in [0.1, 0.15) is 77.9 Å². The number of hydrogen-bond donors (Lipinski definition) is 1. The highest BCUT2D eigenvalue weighted by Gasteiger charge is 2.48. The van der Waals surface area contributed by atoms with Crippen molar-refractivity contribution < 1.29 is 19.3 Å². The normalized spacial score (nSPS) is 14.8. The number of para-hydroxylation sites is 2. The third-order valence-corrected chi connectivity index (χ3v) is 22.6. The highest BCUT2D eigenvalue weighted by Crippen LogP contribution is 2.60. The van der Waals surface area contributed by atoms with Crippen LogP contribution in [-0.4, -0.2) is 5.11 Å². The van der Waals surface area contributed by atoms with Crippen molar-refractivity contribution in [3.8, 4) is 73.6 Å². The number of nitrogens with zero attached hydrogens (tertiary/aromatic N) is 2. The average Bonchev–Trinajstić information content (AvgIpc) is 1.53. The summed E-state index contributed by atoms with van der Waals surface area (Å²) in [5.41, 5.74) is 29.2. The predicted octanol–water partition coefficient (Wildman–Crippen LogP) is 24.4. The summed E-state index contributed by atoms with van der Waals surface area (Å²) in [6, 6.07) is 125. The van der Waals surface area contributed by atoms with E-state index in [-0.39, 0.29) is 5.75 Å². The molecule has 0 bridgehead atoms. The van der Waals surface area contributed by atoms with Crippen LogP contribution in [-0.2, 0) is 49.4 Å². The quantitative estimate of drug-likeness (QED) is 0.0980. The summed E-state index contributed by atoms with van der Waals surface area (Å²) in [4.78, 5) is 4.75. The van der Waals surface area contributed by atoms with Gasteiger partial charge in [0, 0.05) is 34.1 Å². The molecule has 6 heteroatoms. The lowest BCUT2D eigenvalue weighted by atomic mass is 9.67. The van der Waals surface area contributed by atoms with E-state index in [4.69, 9.17) is 14.2 Å². The molecule has 1 atom stereocenters. The largest absolute Gasteiger partial charge is 0.508 e. The smallest absolute Gasteiger partial charge is 0.127 e. The maximum atomic E-state index is 10.8. The summed E-state index contributed by atoms with van der Waals surface area (Å²) in [6.07, 6.45) is 6.68. The lowest BCUT2D eigenvalue weighted by Gasteiger charge is -2.35. The maximum absolute atomic E-state index is 10.8. The van der Waals surface area contributed by atoms with E-state index in [1.54, 1.807) is 0 Å². The fraction of sp³-hybridized carbons (Fsp3) is 0.0816. The van der Waals surface area contributed by atoms with Crippen LogP contribution >= 0.6 is 0 Å². The third-order valence-electron chi connectivity index (χ3n) is 22.6. The molecule has 0 saturated heterocycles. The molecular formula is C98H70N2O4. The van der Waals surface area contributed by atoms with Gasteiger partial charge in [-0.05, 0) is 308 Å². The highest BCUT2D eigenvalue weighted by atomic mass is 16.5. The number of phenolic OH excluding ortho intramolecular Hbond substituents is 1. The van der Waals surface area contributed by atoms with Crippen LogP contribution in [0.15, 0.2) is 346 Å². The molecule has 15 aromatic carbocycles. The second-order valence-corrected chi connectivity index (χ2v) is 28.2. The number of rotatable bonds is 17. The topological polar surface area (TPSA) is 54.4 Å². The molecule has 1 N–H and O–H groups in total. The van der Waals surface area contributed by atoms with E-state index in [0.717, 1.165) is 146 Å². The van der Waals surface area contributed by atoms with Crippen molar-refractivity contribution in [1.82, 2.24) is 0 Å². The van der Waals surface area contributed by atoms with Gasteiger partial charge >= 0.3 is 0 Å². The van der Waals surface area contributed by atoms with Gasteiger partial charge in [0.1, 0.15) is 40.2 Å². The van der Waals surface area contributed by atoms with Gasteiger partial charge in [-0.1, -0.05) is 188 Å². The SMILES string of the molecule is Oc1ccc(C2(c3ccc(Oc4ccc5c(c4)CC5)cc3)c3ccccc3-c3ccc(N(c4ccccc4)c4ccc(-c5ccc(N(c6ccccc6)c6ccc7c(c6)C(c6ccc(Oc8ccc9c(c8)CC9)cc6)(c6ccc(Oc8ccc9c(c8)CC9)cc6)c6ccccc6-7)cc5)cc4)cc32)cc1. The monoisotopic (exact) mass is 1340 g/mol. The van der Waals surface area contributed by atoms with E-state index in [2.05, 4.69) is 343 Å². The Labute approximate surface area is 606 Å². The van der Waals surface area contributed by atoms with Gasteiger partial charge in [0.2, 0.25) is 0 Å². The van der Waals surface area contributed by atoms with Gasteiger partial charge in [0.05, 0.1) is 10.8 Å². The first kappa shape index (κ1) is 61.0. The number of phenols is 1. The first-order valence-corrected chi connectivity index (χ1v) is 36.3. The first-order valence-electron chi connectivity index (χ1n) is 36.3. The van der Waals surface area contributed by atoms with Gasteiger partial charge in [-0.15, -0.1) is 0 Å². The summed E-state index contributed by atoms with van der Waals surface area (Å²) in [5, 5.41) is 10.8. The molecule has 6 nitrogen and oxygen atoms in total. The van der Waals surface area contributed by atoms with E-state index < -0.39 is 10.8 Å². The molecule has 0 fully saturated rings. The molecule has 0 heterocycles. The van der Waals surface area contributed by atoms with Crippen LogP contribution < -0.4 is 24.0 Å². The molecule has 15 aromatic rings. The van der Waals surface area contributed by atoms with E-state index in [0.29, 0.717) is 0 Å². The van der Waals surface area contributed by atoms with Crippen molar-refractivity contribution in [3.63, 3.8) is 0 Å². The Morgan fingerprint density at radius 1 is 0.221 bits per heavy atom. The Bertz CT molecular complexity index is 5720. The Hall–Kier alpha value is -12.9. The van der Waals surface area contributed by atoms with Gasteiger partial charge in [0.25, 0.3) is 0 Å². The minimum absolute atomic E-state index is 0.223. The van der Waals surface area contributed by atoms with Crippen molar-refractivity contribution in [1.29, 1.82) is 0 Å². The Morgan fingerprint density at radius 3 is 0.846 bits per heavy atom. The van der Waals surface area contributed by atoms with E-state index >= 15 is 0 Å². The lowest BCUT2D eigenvalue weighted by Crippen LogP contribution is -2.28. The van der Waals surface area contributed by atoms with Crippen LogP contribution in [0.25, 0.3) is 33.4 Å². The second-order valence-electron chi connectivity index (χ2n) is 28.2. The number of aryl methyl sites for hydroxylation is 6. The molecule has 1 unspecified atom stereocenters. The Balaban J connectivity index is 0.653. The van der Waals surface area contributed by atoms with E-state index in [1.165, 1.54) is 72.3 Å². The minimum atomic E-state index is -0.742. The van der Waals surface area contributed by atoms with E-state index in [9.17, 15) is 5.11 Å². The molecule has 0 amide bonds. The summed E-state index contributed by atoms with van der Waals surface area (Å²) in [5.74, 6) is 5.18. The third kappa shape index (κ3) is 10.1. The second kappa shape index (κ2) is 24.7. The van der Waals surface area contributed by atoms with Gasteiger partial charge in [0.15, 0.2) is 0 Å². The van der Waals surface area contributed by atoms with Crippen LogP contribution in [0.2, 0.25) is 0 Å². The van der Waals surface area contributed by atoms with Gasteiger partial charge in [-0.2, -0.15) is 0 Å². The number of aromatic hydroxyl groups is 1. The Kier molecular flexibility index (Phi) is 14.5. The number of hydrogen-bond acceptors (Lipinski definition) is 6. The van der Waals surface area contributed by atoms with Crippen molar-refractivity contribution >= 4 is 34.1 Å². The maximum Gasteiger partial charge on any atom is 0.127 e. The number of benzene rings is 15. The fourth-order valence-electron chi connectivity index (χ4n) is 17.2. The standard InChI is InChI=1S/C98H70N2O4/c101-82-46-32-72(33-47-82)97(73-34-51-83(52-35-73)102-86-48-29-66-19-22-69(66)59-86)93-17-9-7-15-89(93)91-57-44-80(62-95(91)97)99(76-11-3-1-4-12-76)78-40-25-64(26-41-78)65-27-42-79(43-28-65)100(77-13-5-2-6-14-77)81-45-58-92-90-16-8-10-18-94(90)98(96(92)63-81,74-36-53-84(54-37-74)103-87-49-30-67-20-23-70(67)60-87)75-38-55-85(56-39-75)104-88-50-31-68-21-24-71(68)61-88/h1-18,25-63,101H,19-24H2. The molecule has 496 valence electrons. The molecule has 0 aromatic heterocycles. The van der Waals surface area contributed by atoms with Gasteiger partial charge in [-0.3, -0.25) is 0 Å². The van der Waals surface area contributed by atoms with Crippen LogP contribution in [0.5, 0.6) is 40.2 Å². The van der Waals surface area contributed by atoms with Gasteiger partial charge < -0.3 is 29.1 Å². The first-order chi connectivity index (χ1) is 51.3. The number of fused-ring (bicyclic) bond motifs is 9. The molecular weight excluding hydrogens is 1270 g/mol. The summed E-state index contributed by atoms with van der Waals surface area (Å²) < 4.78 is 19.7. The van der Waals surface area contributed by atoms with Crippen molar-refractivity contribution in [2.24, 2.45) is 0 Å². The molecule has 0 radical (unpaired) electrons. The molecule has 5 aliphatic rings. The average molecular weight is 1340 g/mol. The molecule has 0 saturated carbocycles. The number of anilines is 6. The molecule has 5 aliphatic carbocycles. The summed E-state index contributed by atoms with van der Waals surface area (Å²) in [6.45, 7) is 0. The van der Waals surface area contributed by atoms with E-state index in [1.807, 2.05) is 12.1 Å². The fourth-order valence-corrected chi connectivity index (χ4v) is 17.2. The molecule has 104 heavy (non-hydrogen) atoms.